The van der Waals surface area contributed by atoms with Gasteiger partial charge in [0.15, 0.2) is 0 Å². The Bertz CT molecular complexity index is 513. The fourth-order valence-electron chi connectivity index (χ4n) is 7.92. The van der Waals surface area contributed by atoms with Crippen molar-refractivity contribution in [3.05, 3.63) is 12.7 Å². The fourth-order valence-corrected chi connectivity index (χ4v) is 7.92. The highest BCUT2D eigenvalue weighted by atomic mass is 16.5. The molecule has 0 atom stereocenters. The van der Waals surface area contributed by atoms with Crippen LogP contribution in [0.4, 0.5) is 0 Å². The van der Waals surface area contributed by atoms with E-state index in [4.69, 9.17) is 9.47 Å². The average molecular weight is 445 g/mol. The number of hydrogen-bond acceptors (Lipinski definition) is 2. The van der Waals surface area contributed by atoms with Gasteiger partial charge in [-0.05, 0) is 151 Å². The third-order valence-electron chi connectivity index (χ3n) is 10.2. The van der Waals surface area contributed by atoms with Crippen LogP contribution in [0.25, 0.3) is 0 Å². The van der Waals surface area contributed by atoms with Crippen LogP contribution in [-0.2, 0) is 9.47 Å². The molecule has 0 saturated heterocycles. The summed E-state index contributed by atoms with van der Waals surface area (Å²) in [6, 6.07) is 0. The summed E-state index contributed by atoms with van der Waals surface area (Å²) in [6.07, 6.45) is 28.5. The quantitative estimate of drug-likeness (QED) is 0.333. The largest absolute Gasteiger partial charge is 0.381 e. The van der Waals surface area contributed by atoms with E-state index in [9.17, 15) is 0 Å². The molecule has 4 aliphatic carbocycles. The van der Waals surface area contributed by atoms with Gasteiger partial charge in [0, 0.05) is 13.7 Å². The summed E-state index contributed by atoms with van der Waals surface area (Å²) in [6.45, 7) is 4.92. The SMILES string of the molecule is C=CCCC1CCC(OCC2CCC(C3CCC(C4CCC(OC)CC4)CC3)CC2)CC1. The summed E-state index contributed by atoms with van der Waals surface area (Å²) in [4.78, 5) is 0. The lowest BCUT2D eigenvalue weighted by Gasteiger charge is -2.41. The minimum Gasteiger partial charge on any atom is -0.381 e. The third kappa shape index (κ3) is 7.08. The fraction of sp³-hybridized carbons (Fsp3) is 0.933. The van der Waals surface area contributed by atoms with Gasteiger partial charge in [-0.3, -0.25) is 0 Å². The Morgan fingerprint density at radius 2 is 1.03 bits per heavy atom. The average Bonchev–Trinajstić information content (AvgIpc) is 2.87. The highest BCUT2D eigenvalue weighted by Gasteiger charge is 2.35. The second-order valence-corrected chi connectivity index (χ2v) is 12.1. The Morgan fingerprint density at radius 3 is 1.53 bits per heavy atom. The van der Waals surface area contributed by atoms with E-state index in [1.54, 1.807) is 0 Å². The van der Waals surface area contributed by atoms with Gasteiger partial charge in [0.05, 0.1) is 12.2 Å². The van der Waals surface area contributed by atoms with Crippen molar-refractivity contribution in [3.8, 4) is 0 Å². The standard InChI is InChI=1S/C30H52O2/c1-3-4-5-23-8-18-30(19-9-23)32-22-24-6-10-25(11-7-24)26-12-14-27(15-13-26)28-16-20-29(31-2)21-17-28/h3,23-30H,1,4-22H2,2H3. The number of allylic oxidation sites excluding steroid dienone is 1. The molecule has 4 rings (SSSR count). The van der Waals surface area contributed by atoms with Crippen molar-refractivity contribution < 1.29 is 9.47 Å². The molecule has 0 amide bonds. The zero-order valence-corrected chi connectivity index (χ0v) is 21.2. The van der Waals surface area contributed by atoms with Gasteiger partial charge in [-0.1, -0.05) is 6.08 Å². The van der Waals surface area contributed by atoms with Gasteiger partial charge in [-0.2, -0.15) is 0 Å². The van der Waals surface area contributed by atoms with Gasteiger partial charge in [0.25, 0.3) is 0 Å². The Kier molecular flexibility index (Phi) is 10.0. The number of hydrogen-bond donors (Lipinski definition) is 0. The van der Waals surface area contributed by atoms with Crippen LogP contribution >= 0.6 is 0 Å². The lowest BCUT2D eigenvalue weighted by molar-refractivity contribution is -0.0134. The van der Waals surface area contributed by atoms with Gasteiger partial charge >= 0.3 is 0 Å². The van der Waals surface area contributed by atoms with E-state index in [-0.39, 0.29) is 0 Å². The molecule has 0 unspecified atom stereocenters. The van der Waals surface area contributed by atoms with Gasteiger partial charge in [-0.25, -0.2) is 0 Å². The molecule has 0 aromatic rings. The Morgan fingerprint density at radius 1 is 0.594 bits per heavy atom. The van der Waals surface area contributed by atoms with Gasteiger partial charge < -0.3 is 9.47 Å². The van der Waals surface area contributed by atoms with Crippen LogP contribution in [0.1, 0.15) is 116 Å². The van der Waals surface area contributed by atoms with Crippen molar-refractivity contribution >= 4 is 0 Å². The first-order valence-electron chi connectivity index (χ1n) is 14.5. The normalized spacial score (nSPS) is 41.3. The highest BCUT2D eigenvalue weighted by molar-refractivity contribution is 4.86. The molecule has 0 aliphatic heterocycles. The molecule has 184 valence electrons. The molecule has 4 aliphatic rings. The van der Waals surface area contributed by atoms with Crippen molar-refractivity contribution in [3.63, 3.8) is 0 Å². The monoisotopic (exact) mass is 444 g/mol. The third-order valence-corrected chi connectivity index (χ3v) is 10.2. The first-order valence-corrected chi connectivity index (χ1v) is 14.5. The number of methoxy groups -OCH3 is 1. The maximum absolute atomic E-state index is 6.42. The lowest BCUT2D eigenvalue weighted by atomic mass is 9.65. The van der Waals surface area contributed by atoms with Crippen LogP contribution < -0.4 is 0 Å². The molecule has 0 aromatic heterocycles. The molecule has 32 heavy (non-hydrogen) atoms. The van der Waals surface area contributed by atoms with Crippen LogP contribution in [0, 0.1) is 35.5 Å². The molecule has 0 N–H and O–H groups in total. The van der Waals surface area contributed by atoms with Crippen LogP contribution in [0.3, 0.4) is 0 Å². The Hall–Kier alpha value is -0.340. The highest BCUT2D eigenvalue weighted by Crippen LogP contribution is 2.45. The molecule has 0 heterocycles. The van der Waals surface area contributed by atoms with E-state index in [1.165, 1.54) is 116 Å². The lowest BCUT2D eigenvalue weighted by Crippen LogP contribution is -2.31. The molecule has 2 nitrogen and oxygen atoms in total. The molecule has 0 aromatic carbocycles. The Labute approximate surface area is 199 Å². The van der Waals surface area contributed by atoms with E-state index < -0.39 is 0 Å². The topological polar surface area (TPSA) is 18.5 Å². The second kappa shape index (κ2) is 12.9. The van der Waals surface area contributed by atoms with E-state index in [2.05, 4.69) is 12.7 Å². The van der Waals surface area contributed by atoms with Gasteiger partial charge in [0.2, 0.25) is 0 Å². The van der Waals surface area contributed by atoms with Crippen LogP contribution in [0.15, 0.2) is 12.7 Å². The first-order chi connectivity index (χ1) is 15.7. The predicted molar refractivity (Wildman–Crippen MR) is 135 cm³/mol. The van der Waals surface area contributed by atoms with Crippen LogP contribution in [0.5, 0.6) is 0 Å². The molecule has 2 heteroatoms. The molecule has 4 saturated carbocycles. The number of ether oxygens (including phenoxy) is 2. The van der Waals surface area contributed by atoms with Crippen LogP contribution in [0.2, 0.25) is 0 Å². The molecule has 0 bridgehead atoms. The summed E-state index contributed by atoms with van der Waals surface area (Å²) in [5.41, 5.74) is 0. The summed E-state index contributed by atoms with van der Waals surface area (Å²) >= 11 is 0. The maximum atomic E-state index is 6.42. The predicted octanol–water partition coefficient (Wildman–Crippen LogP) is 8.35. The van der Waals surface area contributed by atoms with Gasteiger partial charge in [0.1, 0.15) is 0 Å². The molecular formula is C30H52O2. The summed E-state index contributed by atoms with van der Waals surface area (Å²) in [5, 5.41) is 0. The van der Waals surface area contributed by atoms with E-state index in [0.29, 0.717) is 12.2 Å². The van der Waals surface area contributed by atoms with Crippen molar-refractivity contribution in [1.82, 2.24) is 0 Å². The van der Waals surface area contributed by atoms with Crippen molar-refractivity contribution in [2.45, 2.75) is 128 Å². The van der Waals surface area contributed by atoms with Gasteiger partial charge in [-0.15, -0.1) is 6.58 Å². The maximum Gasteiger partial charge on any atom is 0.0575 e. The second-order valence-electron chi connectivity index (χ2n) is 12.1. The van der Waals surface area contributed by atoms with Crippen LogP contribution in [-0.4, -0.2) is 25.9 Å². The van der Waals surface area contributed by atoms with E-state index >= 15 is 0 Å². The van der Waals surface area contributed by atoms with E-state index in [0.717, 1.165) is 42.1 Å². The summed E-state index contributed by atoms with van der Waals surface area (Å²) < 4.78 is 12.0. The zero-order chi connectivity index (χ0) is 22.2. The molecular weight excluding hydrogens is 392 g/mol. The Balaban J connectivity index is 1.07. The smallest absolute Gasteiger partial charge is 0.0575 e. The minimum absolute atomic E-state index is 0.555. The van der Waals surface area contributed by atoms with E-state index in [1.807, 2.05) is 7.11 Å². The van der Waals surface area contributed by atoms with Crippen molar-refractivity contribution in [1.29, 1.82) is 0 Å². The zero-order valence-electron chi connectivity index (χ0n) is 21.2. The molecule has 0 radical (unpaired) electrons. The summed E-state index contributed by atoms with van der Waals surface area (Å²) in [5.74, 6) is 5.87. The molecule has 0 spiro atoms. The van der Waals surface area contributed by atoms with Crippen molar-refractivity contribution in [2.75, 3.05) is 13.7 Å². The molecule has 4 fully saturated rings. The first kappa shape index (κ1) is 24.8. The summed E-state index contributed by atoms with van der Waals surface area (Å²) in [7, 11) is 1.90. The number of rotatable bonds is 9. The minimum atomic E-state index is 0.555. The van der Waals surface area contributed by atoms with Crippen molar-refractivity contribution in [2.24, 2.45) is 35.5 Å².